The van der Waals surface area contributed by atoms with Crippen LogP contribution in [0.5, 0.6) is 0 Å². The molecule has 2 radical (unpaired) electrons. The van der Waals surface area contributed by atoms with Crippen LogP contribution in [0.15, 0.2) is 0 Å². The number of carbonyl (C=O) groups excluding carboxylic acids is 1. The van der Waals surface area contributed by atoms with Gasteiger partial charge in [0, 0.05) is 5.92 Å². The van der Waals surface area contributed by atoms with Gasteiger partial charge in [-0.05, 0) is 18.8 Å². The zero-order valence-electron chi connectivity index (χ0n) is 7.69. The number of hydrogen-bond donors (Lipinski definition) is 1. The first kappa shape index (κ1) is 10.3. The van der Waals surface area contributed by atoms with E-state index >= 15 is 0 Å². The normalized spacial score (nSPS) is 34.1. The van der Waals surface area contributed by atoms with E-state index in [1.807, 2.05) is 6.92 Å². The topological polar surface area (TPSA) is 54.4 Å². The number of carbonyl (C=O) groups is 2. The minimum Gasteiger partial charge on any atom is -0.481 e. The van der Waals surface area contributed by atoms with Crippen molar-refractivity contribution in [2.45, 2.75) is 26.2 Å². The van der Waals surface area contributed by atoms with Gasteiger partial charge in [0.15, 0.2) is 7.85 Å². The Morgan fingerprint density at radius 3 is 2.38 bits per heavy atom. The Balaban J connectivity index is 2.72. The van der Waals surface area contributed by atoms with E-state index in [4.69, 9.17) is 13.0 Å². The maximum atomic E-state index is 10.9. The van der Waals surface area contributed by atoms with Crippen molar-refractivity contribution in [1.29, 1.82) is 0 Å². The average Bonchev–Trinajstić information content (AvgIpc) is 2.03. The van der Waals surface area contributed by atoms with E-state index in [2.05, 4.69) is 0 Å². The fourth-order valence-electron chi connectivity index (χ4n) is 1.99. The molecule has 0 saturated heterocycles. The van der Waals surface area contributed by atoms with Gasteiger partial charge >= 0.3 is 5.97 Å². The Morgan fingerprint density at radius 2 is 1.92 bits per heavy atom. The zero-order valence-corrected chi connectivity index (χ0v) is 7.69. The molecule has 4 heteroatoms. The second-order valence-corrected chi connectivity index (χ2v) is 3.87. The highest BCUT2D eigenvalue weighted by Gasteiger charge is 2.35. The highest BCUT2D eigenvalue weighted by molar-refractivity contribution is 6.58. The Morgan fingerprint density at radius 1 is 1.31 bits per heavy atom. The van der Waals surface area contributed by atoms with Crippen molar-refractivity contribution in [2.24, 2.45) is 17.8 Å². The van der Waals surface area contributed by atoms with Crippen LogP contribution in [0.4, 0.5) is 0 Å². The molecule has 0 aliphatic heterocycles. The van der Waals surface area contributed by atoms with Gasteiger partial charge in [-0.25, -0.2) is 0 Å². The van der Waals surface area contributed by atoms with Crippen LogP contribution in [0.3, 0.4) is 0 Å². The second-order valence-electron chi connectivity index (χ2n) is 3.87. The van der Waals surface area contributed by atoms with Crippen molar-refractivity contribution in [2.75, 3.05) is 0 Å². The Hall–Kier alpha value is -0.795. The summed E-state index contributed by atoms with van der Waals surface area (Å²) >= 11 is 0. The summed E-state index contributed by atoms with van der Waals surface area (Å²) in [5.41, 5.74) is -0.473. The maximum Gasteiger partial charge on any atom is 0.307 e. The number of aliphatic carboxylic acids is 1. The third-order valence-corrected chi connectivity index (χ3v) is 2.80. The van der Waals surface area contributed by atoms with Gasteiger partial charge < -0.3 is 9.90 Å². The van der Waals surface area contributed by atoms with Crippen LogP contribution in [0, 0.1) is 17.8 Å². The number of carboxylic acid groups (broad SMARTS) is 1. The predicted molar refractivity (Wildman–Crippen MR) is 48.4 cm³/mol. The highest BCUT2D eigenvalue weighted by Crippen LogP contribution is 2.33. The lowest BCUT2D eigenvalue weighted by Gasteiger charge is -2.30. The van der Waals surface area contributed by atoms with E-state index < -0.39 is 23.5 Å². The minimum absolute atomic E-state index is 0.386. The molecule has 0 aromatic rings. The van der Waals surface area contributed by atoms with Crippen molar-refractivity contribution in [3.05, 3.63) is 0 Å². The monoisotopic (exact) mass is 180 g/mol. The summed E-state index contributed by atoms with van der Waals surface area (Å²) in [7, 11) is 5.14. The number of hydrogen-bond acceptors (Lipinski definition) is 2. The van der Waals surface area contributed by atoms with E-state index in [-0.39, 0.29) is 0 Å². The van der Waals surface area contributed by atoms with Gasteiger partial charge in [-0.2, -0.15) is 0 Å². The van der Waals surface area contributed by atoms with Crippen molar-refractivity contribution in [3.63, 3.8) is 0 Å². The first-order chi connectivity index (χ1) is 6.02. The lowest BCUT2D eigenvalue weighted by molar-refractivity contribution is -0.147. The highest BCUT2D eigenvalue weighted by atomic mass is 16.4. The fraction of sp³-hybridized carbons (Fsp3) is 0.778. The van der Waals surface area contributed by atoms with Gasteiger partial charge in [-0.1, -0.05) is 13.3 Å². The molecule has 0 spiro atoms. The minimum atomic E-state index is -0.893. The summed E-state index contributed by atoms with van der Waals surface area (Å²) < 4.78 is 0. The third-order valence-electron chi connectivity index (χ3n) is 2.80. The molecule has 1 saturated carbocycles. The van der Waals surface area contributed by atoms with E-state index in [9.17, 15) is 9.59 Å². The molecular weight excluding hydrogens is 167 g/mol. The average molecular weight is 180 g/mol. The summed E-state index contributed by atoms with van der Waals surface area (Å²) in [6.45, 7) is 2.01. The molecule has 0 aromatic heterocycles. The summed E-state index contributed by atoms with van der Waals surface area (Å²) in [5.74, 6) is -1.54. The Bertz CT molecular complexity index is 227. The van der Waals surface area contributed by atoms with E-state index in [0.29, 0.717) is 18.8 Å². The van der Waals surface area contributed by atoms with Crippen LogP contribution < -0.4 is 0 Å². The quantitative estimate of drug-likeness (QED) is 0.640. The number of rotatable bonds is 2. The van der Waals surface area contributed by atoms with E-state index in [1.165, 1.54) is 0 Å². The van der Waals surface area contributed by atoms with Gasteiger partial charge in [-0.3, -0.25) is 4.79 Å². The van der Waals surface area contributed by atoms with E-state index in [0.717, 1.165) is 6.42 Å². The van der Waals surface area contributed by atoms with Crippen LogP contribution >= 0.6 is 0 Å². The second kappa shape index (κ2) is 3.94. The molecule has 3 nitrogen and oxygen atoms in total. The summed E-state index contributed by atoms with van der Waals surface area (Å²) in [6.07, 6.45) is 2.09. The molecule has 0 heterocycles. The molecule has 0 aromatic carbocycles. The smallest absolute Gasteiger partial charge is 0.307 e. The van der Waals surface area contributed by atoms with Crippen LogP contribution in [0.1, 0.15) is 26.2 Å². The largest absolute Gasteiger partial charge is 0.481 e. The fourth-order valence-corrected chi connectivity index (χ4v) is 1.99. The molecule has 70 valence electrons. The summed E-state index contributed by atoms with van der Waals surface area (Å²) in [6, 6.07) is 0. The molecule has 0 bridgehead atoms. The molecule has 1 N–H and O–H groups in total. The first-order valence-corrected chi connectivity index (χ1v) is 4.54. The zero-order chi connectivity index (χ0) is 10.0. The first-order valence-electron chi connectivity index (χ1n) is 4.54. The van der Waals surface area contributed by atoms with Crippen LogP contribution in [0.25, 0.3) is 0 Å². The van der Waals surface area contributed by atoms with Crippen molar-refractivity contribution >= 4 is 19.5 Å². The van der Waals surface area contributed by atoms with Gasteiger partial charge in [0.2, 0.25) is 0 Å². The van der Waals surface area contributed by atoms with Crippen LogP contribution in [0.2, 0.25) is 0 Å². The lowest BCUT2D eigenvalue weighted by Crippen LogP contribution is -2.35. The van der Waals surface area contributed by atoms with Gasteiger partial charge in [0.1, 0.15) is 0 Å². The van der Waals surface area contributed by atoms with E-state index in [1.54, 1.807) is 0 Å². The van der Waals surface area contributed by atoms with Gasteiger partial charge in [0.05, 0.1) is 11.6 Å². The summed E-state index contributed by atoms with van der Waals surface area (Å²) in [4.78, 5) is 21.7. The molecular formula is C9H13BO3. The Labute approximate surface area is 78.9 Å². The van der Waals surface area contributed by atoms with Crippen molar-refractivity contribution in [3.8, 4) is 0 Å². The molecule has 3 atom stereocenters. The van der Waals surface area contributed by atoms with Gasteiger partial charge in [0.25, 0.3) is 0 Å². The molecule has 13 heavy (non-hydrogen) atoms. The van der Waals surface area contributed by atoms with Crippen LogP contribution in [-0.2, 0) is 9.59 Å². The third kappa shape index (κ3) is 2.33. The molecule has 1 fully saturated rings. The SMILES string of the molecule is [B]C(=O)C1CCC(C)CC1C(=O)O. The van der Waals surface area contributed by atoms with Gasteiger partial charge in [-0.15, -0.1) is 0 Å². The standard InChI is InChI=1S/C9H13BO3/c1-5-2-3-6(8(10)11)7(4-5)9(12)13/h5-7H,2-4H2,1H3,(H,12,13). The van der Waals surface area contributed by atoms with Crippen molar-refractivity contribution < 1.29 is 14.7 Å². The maximum absolute atomic E-state index is 10.9. The summed E-state index contributed by atoms with van der Waals surface area (Å²) in [5, 5.41) is 8.87. The number of carboxylic acids is 1. The molecule has 1 rings (SSSR count). The molecule has 1 aliphatic carbocycles. The molecule has 3 unspecified atom stereocenters. The van der Waals surface area contributed by atoms with Crippen molar-refractivity contribution in [1.82, 2.24) is 0 Å². The molecule has 0 amide bonds. The Kier molecular flexibility index (Phi) is 3.12. The molecule has 1 aliphatic rings. The lowest BCUT2D eigenvalue weighted by atomic mass is 9.69. The predicted octanol–water partition coefficient (Wildman–Crippen LogP) is 0.818. The van der Waals surface area contributed by atoms with Crippen LogP contribution in [-0.4, -0.2) is 24.6 Å².